The number of amides is 1. The van der Waals surface area contributed by atoms with Gasteiger partial charge in [0.1, 0.15) is 6.54 Å². The van der Waals surface area contributed by atoms with Gasteiger partial charge in [-0.2, -0.15) is 4.31 Å². The SMILES string of the molecule is CCN(CC)S(=O)(=O)c1ccc(NC(=O)CN2c3ccc(Cl)cc3-c3ccccc3S2(=O)=O)cc1. The molecule has 0 unspecified atom stereocenters. The van der Waals surface area contributed by atoms with Crippen LogP contribution in [0.2, 0.25) is 5.02 Å². The van der Waals surface area contributed by atoms with Crippen molar-refractivity contribution >= 4 is 48.9 Å². The molecule has 0 aromatic heterocycles. The molecule has 1 N–H and O–H groups in total. The quantitative estimate of drug-likeness (QED) is 0.490. The van der Waals surface area contributed by atoms with Crippen molar-refractivity contribution in [2.75, 3.05) is 29.3 Å². The van der Waals surface area contributed by atoms with Crippen LogP contribution >= 0.6 is 11.6 Å². The average molecular weight is 534 g/mol. The fraction of sp³-hybridized carbons (Fsp3) is 0.208. The summed E-state index contributed by atoms with van der Waals surface area (Å²) in [5.41, 5.74) is 1.83. The molecule has 1 aliphatic heterocycles. The van der Waals surface area contributed by atoms with Gasteiger partial charge in [-0.3, -0.25) is 9.10 Å². The first-order valence-corrected chi connectivity index (χ1v) is 14.2. The minimum Gasteiger partial charge on any atom is -0.325 e. The summed E-state index contributed by atoms with van der Waals surface area (Å²) < 4.78 is 54.4. The van der Waals surface area contributed by atoms with Gasteiger partial charge in [-0.25, -0.2) is 16.8 Å². The smallest absolute Gasteiger partial charge is 0.265 e. The molecule has 0 spiro atoms. The molecule has 1 heterocycles. The van der Waals surface area contributed by atoms with Gasteiger partial charge in [0.2, 0.25) is 15.9 Å². The topological polar surface area (TPSA) is 104 Å². The molecule has 11 heteroatoms. The lowest BCUT2D eigenvalue weighted by atomic mass is 10.0. The number of benzene rings is 3. The van der Waals surface area contributed by atoms with E-state index in [4.69, 9.17) is 11.6 Å². The van der Waals surface area contributed by atoms with E-state index < -0.39 is 32.5 Å². The van der Waals surface area contributed by atoms with Crippen molar-refractivity contribution in [3.05, 3.63) is 71.8 Å². The Labute approximate surface area is 210 Å². The maximum absolute atomic E-state index is 13.4. The van der Waals surface area contributed by atoms with Crippen LogP contribution in [0.1, 0.15) is 13.8 Å². The zero-order chi connectivity index (χ0) is 25.4. The van der Waals surface area contributed by atoms with Gasteiger partial charge < -0.3 is 5.32 Å². The first-order chi connectivity index (χ1) is 16.6. The van der Waals surface area contributed by atoms with Crippen LogP contribution in [0.4, 0.5) is 11.4 Å². The largest absolute Gasteiger partial charge is 0.325 e. The summed E-state index contributed by atoms with van der Waals surface area (Å²) in [5.74, 6) is -0.576. The molecule has 0 bridgehead atoms. The van der Waals surface area contributed by atoms with Gasteiger partial charge in [0.05, 0.1) is 15.5 Å². The molecule has 184 valence electrons. The van der Waals surface area contributed by atoms with Crippen LogP contribution in [0.5, 0.6) is 0 Å². The summed E-state index contributed by atoms with van der Waals surface area (Å²) in [6, 6.07) is 17.2. The van der Waals surface area contributed by atoms with Crippen LogP contribution in [0.25, 0.3) is 11.1 Å². The summed E-state index contributed by atoms with van der Waals surface area (Å²) in [5, 5.41) is 3.10. The van der Waals surface area contributed by atoms with Gasteiger partial charge in [-0.05, 0) is 48.5 Å². The Morgan fingerprint density at radius 3 is 2.29 bits per heavy atom. The number of sulfonamides is 2. The van der Waals surface area contributed by atoms with Gasteiger partial charge in [0.15, 0.2) is 0 Å². The van der Waals surface area contributed by atoms with Crippen LogP contribution in [-0.4, -0.2) is 46.7 Å². The molecular weight excluding hydrogens is 510 g/mol. The van der Waals surface area contributed by atoms with Crippen LogP contribution in [0.3, 0.4) is 0 Å². The van der Waals surface area contributed by atoms with Crippen LogP contribution in [-0.2, 0) is 24.8 Å². The zero-order valence-electron chi connectivity index (χ0n) is 19.1. The van der Waals surface area contributed by atoms with Crippen molar-refractivity contribution in [1.82, 2.24) is 4.31 Å². The highest BCUT2D eigenvalue weighted by Crippen LogP contribution is 2.43. The van der Waals surface area contributed by atoms with Crippen molar-refractivity contribution in [3.63, 3.8) is 0 Å². The summed E-state index contributed by atoms with van der Waals surface area (Å²) in [6.45, 7) is 3.74. The van der Waals surface area contributed by atoms with Crippen molar-refractivity contribution in [2.45, 2.75) is 23.6 Å². The van der Waals surface area contributed by atoms with Crippen LogP contribution in [0.15, 0.2) is 76.5 Å². The minimum atomic E-state index is -3.99. The predicted molar refractivity (Wildman–Crippen MR) is 137 cm³/mol. The number of hydrogen-bond donors (Lipinski definition) is 1. The second-order valence-electron chi connectivity index (χ2n) is 7.83. The fourth-order valence-corrected chi connectivity index (χ4v) is 7.31. The number of nitrogens with zero attached hydrogens (tertiary/aromatic N) is 2. The van der Waals surface area contributed by atoms with Crippen LogP contribution in [0, 0.1) is 0 Å². The first kappa shape index (κ1) is 25.2. The van der Waals surface area contributed by atoms with Gasteiger partial charge in [-0.15, -0.1) is 0 Å². The molecule has 35 heavy (non-hydrogen) atoms. The van der Waals surface area contributed by atoms with Crippen molar-refractivity contribution < 1.29 is 21.6 Å². The second-order valence-corrected chi connectivity index (χ2v) is 12.0. The maximum atomic E-state index is 13.4. The molecule has 0 saturated carbocycles. The van der Waals surface area contributed by atoms with E-state index in [0.29, 0.717) is 40.6 Å². The third kappa shape index (κ3) is 4.66. The Kier molecular flexibility index (Phi) is 6.92. The second kappa shape index (κ2) is 9.62. The molecule has 1 amide bonds. The van der Waals surface area contributed by atoms with E-state index in [1.807, 2.05) is 0 Å². The number of carbonyl (C=O) groups excluding carboxylic acids is 1. The predicted octanol–water partition coefficient (Wildman–Crippen LogP) is 4.18. The lowest BCUT2D eigenvalue weighted by Gasteiger charge is -2.31. The molecule has 3 aromatic rings. The van der Waals surface area contributed by atoms with E-state index >= 15 is 0 Å². The number of nitrogens with one attached hydrogen (secondary N) is 1. The van der Waals surface area contributed by atoms with E-state index in [1.54, 1.807) is 50.2 Å². The lowest BCUT2D eigenvalue weighted by molar-refractivity contribution is -0.114. The molecule has 8 nitrogen and oxygen atoms in total. The minimum absolute atomic E-state index is 0.0912. The highest BCUT2D eigenvalue weighted by Gasteiger charge is 2.36. The molecule has 3 aromatic carbocycles. The normalized spacial score (nSPS) is 14.3. The van der Waals surface area contributed by atoms with Crippen molar-refractivity contribution in [1.29, 1.82) is 0 Å². The van der Waals surface area contributed by atoms with E-state index in [1.165, 1.54) is 34.6 Å². The van der Waals surface area contributed by atoms with E-state index in [0.717, 1.165) is 4.31 Å². The average Bonchev–Trinajstić information content (AvgIpc) is 2.83. The molecule has 0 saturated heterocycles. The Hall–Kier alpha value is -2.92. The number of hydrogen-bond acceptors (Lipinski definition) is 5. The third-order valence-electron chi connectivity index (χ3n) is 5.74. The standard InChI is InChI=1S/C24H24ClN3O5S2/c1-3-27(4-2)34(30,31)19-12-10-18(11-13-19)26-24(29)16-28-22-14-9-17(25)15-21(22)20-7-5-6-8-23(20)35(28,32)33/h5-15H,3-4,16H2,1-2H3,(H,26,29). The Bertz CT molecular complexity index is 1490. The van der Waals surface area contributed by atoms with E-state index in [-0.39, 0.29) is 9.79 Å². The lowest BCUT2D eigenvalue weighted by Crippen LogP contribution is -2.40. The van der Waals surface area contributed by atoms with Crippen molar-refractivity contribution in [2.24, 2.45) is 0 Å². The molecule has 0 fully saturated rings. The molecule has 0 radical (unpaired) electrons. The molecule has 1 aliphatic rings. The Morgan fingerprint density at radius 1 is 0.971 bits per heavy atom. The maximum Gasteiger partial charge on any atom is 0.265 e. The number of rotatable bonds is 7. The van der Waals surface area contributed by atoms with Gasteiger partial charge in [0.25, 0.3) is 10.0 Å². The zero-order valence-corrected chi connectivity index (χ0v) is 21.5. The molecule has 4 rings (SSSR count). The third-order valence-corrected chi connectivity index (χ3v) is 9.86. The molecule has 0 aliphatic carbocycles. The van der Waals surface area contributed by atoms with Crippen molar-refractivity contribution in [3.8, 4) is 11.1 Å². The molecular formula is C24H24ClN3O5S2. The van der Waals surface area contributed by atoms with E-state index in [2.05, 4.69) is 5.32 Å². The Morgan fingerprint density at radius 2 is 1.63 bits per heavy atom. The molecule has 0 atom stereocenters. The highest BCUT2D eigenvalue weighted by molar-refractivity contribution is 7.93. The van der Waals surface area contributed by atoms with Crippen LogP contribution < -0.4 is 9.62 Å². The summed E-state index contributed by atoms with van der Waals surface area (Å²) in [6.07, 6.45) is 0. The first-order valence-electron chi connectivity index (χ1n) is 10.9. The summed E-state index contributed by atoms with van der Waals surface area (Å²) in [4.78, 5) is 13.1. The van der Waals surface area contributed by atoms with Gasteiger partial charge >= 0.3 is 0 Å². The number of carbonyl (C=O) groups is 1. The van der Waals surface area contributed by atoms with E-state index in [9.17, 15) is 21.6 Å². The number of anilines is 2. The summed E-state index contributed by atoms with van der Waals surface area (Å²) in [7, 11) is -7.62. The highest BCUT2D eigenvalue weighted by atomic mass is 35.5. The summed E-state index contributed by atoms with van der Waals surface area (Å²) >= 11 is 6.16. The fourth-order valence-electron chi connectivity index (χ4n) is 4.03. The van der Waals surface area contributed by atoms with Gasteiger partial charge in [-0.1, -0.05) is 43.6 Å². The number of fused-ring (bicyclic) bond motifs is 3. The van der Waals surface area contributed by atoms with Gasteiger partial charge in [0, 0.05) is 34.9 Å². The Balaban J connectivity index is 1.59. The monoisotopic (exact) mass is 533 g/mol. The number of halogens is 1.